The molecule has 2 N–H and O–H groups in total. The number of carbonyl (C=O) groups excluding carboxylic acids is 2. The van der Waals surface area contributed by atoms with E-state index in [0.717, 1.165) is 11.4 Å². The fourth-order valence-electron chi connectivity index (χ4n) is 4.71. The molecular formula is C27H36FNO6S. The summed E-state index contributed by atoms with van der Waals surface area (Å²) in [6.07, 6.45) is 4.55. The molecule has 3 heterocycles. The second-order valence-corrected chi connectivity index (χ2v) is 11.5. The van der Waals surface area contributed by atoms with E-state index in [4.69, 9.17) is 15.9 Å². The van der Waals surface area contributed by atoms with Crippen molar-refractivity contribution in [1.29, 1.82) is 0 Å². The molecule has 0 amide bonds. The normalized spacial score (nSPS) is 34.4. The van der Waals surface area contributed by atoms with Crippen LogP contribution in [0, 0.1) is 36.5 Å². The molecule has 7 atom stereocenters. The number of nitrogens with zero attached hydrogens (tertiary/aromatic N) is 1. The van der Waals surface area contributed by atoms with Gasteiger partial charge in [-0.2, -0.15) is 0 Å². The molecule has 2 fully saturated rings. The third kappa shape index (κ3) is 7.00. The maximum atomic E-state index is 15.2. The zero-order valence-electron chi connectivity index (χ0n) is 21.3. The van der Waals surface area contributed by atoms with Crippen molar-refractivity contribution in [2.24, 2.45) is 17.3 Å². The number of aliphatic hydroxyl groups is 2. The van der Waals surface area contributed by atoms with E-state index in [1.165, 1.54) is 31.3 Å². The lowest BCUT2D eigenvalue weighted by atomic mass is 9.71. The van der Waals surface area contributed by atoms with E-state index in [1.54, 1.807) is 5.38 Å². The van der Waals surface area contributed by atoms with E-state index in [9.17, 15) is 19.8 Å². The Bertz CT molecular complexity index is 1010. The molecule has 1 aromatic rings. The van der Waals surface area contributed by atoms with Crippen LogP contribution in [0.4, 0.5) is 4.39 Å². The van der Waals surface area contributed by atoms with E-state index >= 15 is 4.39 Å². The quantitative estimate of drug-likeness (QED) is 0.352. The number of aromatic nitrogens is 1. The van der Waals surface area contributed by atoms with Crippen molar-refractivity contribution in [1.82, 2.24) is 4.98 Å². The molecule has 0 radical (unpaired) electrons. The molecule has 36 heavy (non-hydrogen) atoms. The summed E-state index contributed by atoms with van der Waals surface area (Å²) in [6.45, 7) is 6.71. The summed E-state index contributed by atoms with van der Waals surface area (Å²) in [4.78, 5) is 30.4. The number of fused-ring (bicyclic) bond motifs is 1. The summed E-state index contributed by atoms with van der Waals surface area (Å²) >= 11 is 1.38. The number of thiazole rings is 1. The van der Waals surface area contributed by atoms with Gasteiger partial charge in [0.05, 0.1) is 52.9 Å². The molecule has 0 saturated carbocycles. The topological polar surface area (TPSA) is 109 Å². The fraction of sp³-hybridized carbons (Fsp3) is 0.667. The number of epoxide rings is 1. The van der Waals surface area contributed by atoms with Crippen LogP contribution in [0.5, 0.6) is 0 Å². The molecule has 2 aliphatic rings. The van der Waals surface area contributed by atoms with Crippen LogP contribution >= 0.6 is 11.3 Å². The minimum atomic E-state index is -1.41. The van der Waals surface area contributed by atoms with Crippen LogP contribution in [0.25, 0.3) is 6.08 Å². The third-order valence-electron chi connectivity index (χ3n) is 7.28. The number of aryl methyl sites for hydroxylation is 1. The lowest BCUT2D eigenvalue weighted by Crippen LogP contribution is -2.46. The Morgan fingerprint density at radius 2 is 2.06 bits per heavy atom. The Balaban J connectivity index is 1.85. The second kappa shape index (κ2) is 12.0. The number of hydrogen-bond donors (Lipinski definition) is 2. The number of hydrogen-bond acceptors (Lipinski definition) is 8. The minimum Gasteiger partial charge on any atom is -0.455 e. The van der Waals surface area contributed by atoms with Gasteiger partial charge >= 0.3 is 5.97 Å². The van der Waals surface area contributed by atoms with Crippen LogP contribution in [-0.2, 0) is 19.1 Å². The van der Waals surface area contributed by atoms with Crippen molar-refractivity contribution in [3.63, 3.8) is 0 Å². The summed E-state index contributed by atoms with van der Waals surface area (Å²) in [6, 6.07) is 0. The molecule has 0 spiro atoms. The van der Waals surface area contributed by atoms with Gasteiger partial charge in [-0.3, -0.25) is 9.59 Å². The molecule has 9 heteroatoms. The summed E-state index contributed by atoms with van der Waals surface area (Å²) < 4.78 is 26.4. The van der Waals surface area contributed by atoms with E-state index in [1.807, 2.05) is 13.8 Å². The number of halogens is 1. The van der Waals surface area contributed by atoms with Crippen molar-refractivity contribution in [3.8, 4) is 12.3 Å². The molecule has 3 rings (SSSR count). The van der Waals surface area contributed by atoms with E-state index in [2.05, 4.69) is 10.9 Å². The summed E-state index contributed by atoms with van der Waals surface area (Å²) in [7, 11) is 0. The van der Waals surface area contributed by atoms with Crippen molar-refractivity contribution in [2.75, 3.05) is 0 Å². The van der Waals surface area contributed by atoms with E-state index < -0.39 is 53.6 Å². The highest BCUT2D eigenvalue weighted by Gasteiger charge is 2.45. The van der Waals surface area contributed by atoms with Gasteiger partial charge < -0.3 is 19.7 Å². The second-order valence-electron chi connectivity index (χ2n) is 10.5. The lowest BCUT2D eigenvalue weighted by Gasteiger charge is -2.35. The van der Waals surface area contributed by atoms with E-state index in [-0.39, 0.29) is 31.0 Å². The lowest BCUT2D eigenvalue weighted by molar-refractivity contribution is -0.155. The molecule has 1 aromatic heterocycles. The highest BCUT2D eigenvalue weighted by atomic mass is 32.1. The van der Waals surface area contributed by atoms with Gasteiger partial charge in [0.1, 0.15) is 11.6 Å². The largest absolute Gasteiger partial charge is 0.455 e. The molecule has 7 nitrogen and oxygen atoms in total. The van der Waals surface area contributed by atoms with Crippen LogP contribution in [0.2, 0.25) is 0 Å². The Morgan fingerprint density at radius 1 is 1.33 bits per heavy atom. The molecular weight excluding hydrogens is 485 g/mol. The maximum absolute atomic E-state index is 15.2. The average Bonchev–Trinajstić information content (AvgIpc) is 3.42. The molecule has 0 aromatic carbocycles. The number of esters is 1. The number of ether oxygens (including phenoxy) is 2. The Labute approximate surface area is 216 Å². The molecule has 0 bridgehead atoms. The Hall–Kier alpha value is -2.12. The van der Waals surface area contributed by atoms with Crippen molar-refractivity contribution in [3.05, 3.63) is 21.9 Å². The van der Waals surface area contributed by atoms with Gasteiger partial charge in [0.15, 0.2) is 6.10 Å². The van der Waals surface area contributed by atoms with Gasteiger partial charge in [0, 0.05) is 18.2 Å². The van der Waals surface area contributed by atoms with E-state index in [0.29, 0.717) is 18.5 Å². The summed E-state index contributed by atoms with van der Waals surface area (Å²) in [5.41, 5.74) is -0.948. The molecule has 198 valence electrons. The van der Waals surface area contributed by atoms with Gasteiger partial charge in [-0.1, -0.05) is 27.2 Å². The van der Waals surface area contributed by atoms with Gasteiger partial charge in [0.2, 0.25) is 0 Å². The predicted octanol–water partition coefficient (Wildman–Crippen LogP) is 4.00. The number of rotatable bonds is 3. The highest BCUT2D eigenvalue weighted by molar-refractivity contribution is 7.09. The van der Waals surface area contributed by atoms with Crippen LogP contribution in [0.1, 0.15) is 70.0 Å². The minimum absolute atomic E-state index is 0.0208. The zero-order chi connectivity index (χ0) is 26.6. The summed E-state index contributed by atoms with van der Waals surface area (Å²) in [5.74, 6) is -0.526. The van der Waals surface area contributed by atoms with Gasteiger partial charge in [-0.25, -0.2) is 9.37 Å². The SMILES string of the molecule is C#CC[C@H]1C(=O)C(C)(C)[C@H](O)CC(=O)O[C@H](/C(F)=C/c2csc(C)n2)C[C@@H]2O[C@@H]2CCC[C@H](C)[C@@H]1O. The van der Waals surface area contributed by atoms with Crippen molar-refractivity contribution < 1.29 is 33.7 Å². The monoisotopic (exact) mass is 521 g/mol. The number of cyclic esters (lactones) is 1. The van der Waals surface area contributed by atoms with Crippen molar-refractivity contribution >= 4 is 29.2 Å². The zero-order valence-corrected chi connectivity index (χ0v) is 22.1. The standard InChI is InChI=1S/C27H36FNO6S/c1-6-8-18-25(32)15(2)9-7-10-20-22(34-20)12-21(19(28)11-17-14-36-16(3)29-17)35-24(31)13-23(30)27(4,5)26(18)33/h1,11,14-15,18,20-23,25,30,32H,7-10,12-13H2,2-5H3/b19-11-/t15-,18+,20+,21-,22-,23+,25-/m0/s1. The number of ketones is 1. The van der Waals surface area contributed by atoms with Crippen LogP contribution < -0.4 is 0 Å². The summed E-state index contributed by atoms with van der Waals surface area (Å²) in [5, 5.41) is 24.3. The van der Waals surface area contributed by atoms with Crippen molar-refractivity contribution in [2.45, 2.75) is 96.7 Å². The Morgan fingerprint density at radius 3 is 2.69 bits per heavy atom. The first-order valence-electron chi connectivity index (χ1n) is 12.4. The first-order chi connectivity index (χ1) is 16.9. The van der Waals surface area contributed by atoms with Gasteiger partial charge in [-0.05, 0) is 31.8 Å². The number of aliphatic hydroxyl groups excluding tert-OH is 2. The van der Waals surface area contributed by atoms with Crippen LogP contribution in [0.3, 0.4) is 0 Å². The van der Waals surface area contributed by atoms with Gasteiger partial charge in [-0.15, -0.1) is 23.7 Å². The molecule has 0 aliphatic carbocycles. The maximum Gasteiger partial charge on any atom is 0.309 e. The first kappa shape index (κ1) is 28.5. The van der Waals surface area contributed by atoms with Gasteiger partial charge in [0.25, 0.3) is 0 Å². The third-order valence-corrected chi connectivity index (χ3v) is 8.08. The average molecular weight is 522 g/mol. The van der Waals surface area contributed by atoms with Crippen LogP contribution in [0.15, 0.2) is 11.2 Å². The molecule has 2 aliphatic heterocycles. The fourth-order valence-corrected chi connectivity index (χ4v) is 5.28. The Kier molecular flexibility index (Phi) is 9.44. The number of carbonyl (C=O) groups is 2. The number of Topliss-reactive ketones (excluding diaryl/α,β-unsaturated/α-hetero) is 1. The van der Waals surface area contributed by atoms with Crippen LogP contribution in [-0.4, -0.2) is 57.5 Å². The first-order valence-corrected chi connectivity index (χ1v) is 13.3. The number of terminal acetylenes is 1. The smallest absolute Gasteiger partial charge is 0.309 e. The molecule has 0 unspecified atom stereocenters. The highest BCUT2D eigenvalue weighted by Crippen LogP contribution is 2.37. The predicted molar refractivity (Wildman–Crippen MR) is 134 cm³/mol. The molecule has 2 saturated heterocycles.